The monoisotopic (exact) mass is 545 g/mol. The molecular weight excluding hydrogens is 514 g/mol. The molecule has 0 saturated carbocycles. The number of carboxylic acid groups (broad SMARTS) is 1. The molecule has 9 nitrogen and oxygen atoms in total. The summed E-state index contributed by atoms with van der Waals surface area (Å²) in [5.74, 6) is 0.931. The highest BCUT2D eigenvalue weighted by molar-refractivity contribution is 7.15. The van der Waals surface area contributed by atoms with E-state index in [4.69, 9.17) is 14.5 Å². The van der Waals surface area contributed by atoms with Crippen LogP contribution in [0.3, 0.4) is 0 Å². The summed E-state index contributed by atoms with van der Waals surface area (Å²) >= 11 is 1.65. The number of ether oxygens (including phenoxy) is 2. The van der Waals surface area contributed by atoms with Crippen molar-refractivity contribution in [1.82, 2.24) is 14.8 Å². The van der Waals surface area contributed by atoms with Crippen molar-refractivity contribution in [3.63, 3.8) is 0 Å². The van der Waals surface area contributed by atoms with Gasteiger partial charge in [0.2, 0.25) is 0 Å². The van der Waals surface area contributed by atoms with E-state index >= 15 is 0 Å². The van der Waals surface area contributed by atoms with Gasteiger partial charge in [-0.05, 0) is 63.1 Å². The van der Waals surface area contributed by atoms with Crippen LogP contribution in [0.5, 0.6) is 11.5 Å². The number of carboxylic acids is 1. The number of aliphatic carboxylic acids is 1. The van der Waals surface area contributed by atoms with Crippen LogP contribution in [-0.4, -0.2) is 45.8 Å². The van der Waals surface area contributed by atoms with Crippen molar-refractivity contribution in [2.45, 2.75) is 40.3 Å². The molecule has 1 aliphatic heterocycles. The normalized spacial score (nSPS) is 15.0. The molecule has 1 unspecified atom stereocenters. The van der Waals surface area contributed by atoms with Gasteiger partial charge >= 0.3 is 5.97 Å². The second kappa shape index (κ2) is 10.5. The molecule has 3 heterocycles. The zero-order valence-electron chi connectivity index (χ0n) is 22.8. The summed E-state index contributed by atoms with van der Waals surface area (Å²) in [6.07, 6.45) is 0. The topological polar surface area (TPSA) is 111 Å². The van der Waals surface area contributed by atoms with E-state index in [0.717, 1.165) is 38.7 Å². The largest absolute Gasteiger partial charge is 0.493 e. The van der Waals surface area contributed by atoms with Gasteiger partial charge in [0.05, 0.1) is 25.8 Å². The van der Waals surface area contributed by atoms with E-state index in [-0.39, 0.29) is 0 Å². The summed E-state index contributed by atoms with van der Waals surface area (Å²) in [6, 6.07) is 13.2. The first-order valence-electron chi connectivity index (χ1n) is 12.6. The van der Waals surface area contributed by atoms with Gasteiger partial charge in [0, 0.05) is 28.2 Å². The van der Waals surface area contributed by atoms with Crippen molar-refractivity contribution < 1.29 is 19.4 Å². The Morgan fingerprint density at radius 2 is 1.79 bits per heavy atom. The quantitative estimate of drug-likeness (QED) is 0.301. The number of fused-ring (bicyclic) bond motifs is 3. The number of aryl methyl sites for hydroxylation is 2. The number of nitrogens with one attached hydrogen (secondary N) is 1. The molecule has 0 radical (unpaired) electrons. The number of anilines is 1. The minimum atomic E-state index is -0.928. The van der Waals surface area contributed by atoms with Gasteiger partial charge in [0.25, 0.3) is 0 Å². The third-order valence-corrected chi connectivity index (χ3v) is 8.35. The van der Waals surface area contributed by atoms with Crippen LogP contribution >= 0.6 is 11.3 Å². The second-order valence-corrected chi connectivity index (χ2v) is 10.8. The van der Waals surface area contributed by atoms with Crippen LogP contribution < -0.4 is 14.8 Å². The van der Waals surface area contributed by atoms with E-state index in [1.807, 2.05) is 54.0 Å². The summed E-state index contributed by atoms with van der Waals surface area (Å²) in [5, 5.41) is 23.0. The summed E-state index contributed by atoms with van der Waals surface area (Å²) in [6.45, 7) is 8.33. The number of carbonyl (C=O) groups is 1. The molecule has 202 valence electrons. The molecule has 4 aromatic rings. The molecule has 0 fully saturated rings. The second-order valence-electron chi connectivity index (χ2n) is 9.57. The third-order valence-electron chi connectivity index (χ3n) is 7.16. The molecule has 0 amide bonds. The van der Waals surface area contributed by atoms with Crippen molar-refractivity contribution in [1.29, 1.82) is 0 Å². The fraction of sp³-hybridized carbons (Fsp3) is 0.310. The van der Waals surface area contributed by atoms with E-state index in [1.165, 1.54) is 4.88 Å². The number of aromatic nitrogens is 3. The smallest absolute Gasteiger partial charge is 0.308 e. The zero-order valence-corrected chi connectivity index (χ0v) is 23.6. The standard InChI is InChI=1S/C29H31N5O4S/c1-15-17(3)39-28-24(15)26(31-25(16(2)29(35)36)27-33-32-18(4)34(27)28)20-8-10-21(11-9-20)30-14-19-7-12-22(37-5)23(13-19)38-6/h7-13,16,25,30H,14H2,1-6H3,(H,35,36)/t16?,25-/m0/s1. The first kappa shape index (κ1) is 26.4. The molecule has 0 aliphatic carbocycles. The fourth-order valence-electron chi connectivity index (χ4n) is 4.76. The Morgan fingerprint density at radius 1 is 1.08 bits per heavy atom. The molecule has 2 atom stereocenters. The van der Waals surface area contributed by atoms with E-state index in [2.05, 4.69) is 29.4 Å². The predicted molar refractivity (Wildman–Crippen MR) is 152 cm³/mol. The number of aliphatic imine (C=N–C) groups is 1. The summed E-state index contributed by atoms with van der Waals surface area (Å²) in [7, 11) is 3.24. The average Bonchev–Trinajstić information content (AvgIpc) is 3.41. The Kier molecular flexibility index (Phi) is 7.14. The Labute approximate surface area is 231 Å². The number of methoxy groups -OCH3 is 2. The minimum Gasteiger partial charge on any atom is -0.493 e. The zero-order chi connectivity index (χ0) is 27.8. The molecule has 0 saturated heterocycles. The highest BCUT2D eigenvalue weighted by Crippen LogP contribution is 2.40. The molecule has 2 aromatic carbocycles. The predicted octanol–water partition coefficient (Wildman–Crippen LogP) is 5.50. The van der Waals surface area contributed by atoms with Crippen molar-refractivity contribution in [2.24, 2.45) is 10.9 Å². The number of hydrogen-bond donors (Lipinski definition) is 2. The first-order valence-corrected chi connectivity index (χ1v) is 13.4. The molecule has 2 aromatic heterocycles. The lowest BCUT2D eigenvalue weighted by atomic mass is 9.98. The number of rotatable bonds is 8. The lowest BCUT2D eigenvalue weighted by molar-refractivity contribution is -0.141. The van der Waals surface area contributed by atoms with Crippen LogP contribution in [0.1, 0.15) is 51.7 Å². The average molecular weight is 546 g/mol. The summed E-state index contributed by atoms with van der Waals surface area (Å²) in [4.78, 5) is 18.3. The Bertz CT molecular complexity index is 1570. The van der Waals surface area contributed by atoms with Crippen LogP contribution in [0, 0.1) is 26.7 Å². The van der Waals surface area contributed by atoms with Crippen molar-refractivity contribution in [3.8, 4) is 16.5 Å². The first-order chi connectivity index (χ1) is 18.7. The lowest BCUT2D eigenvalue weighted by Crippen LogP contribution is -2.21. The summed E-state index contributed by atoms with van der Waals surface area (Å²) in [5.41, 5.74) is 5.79. The minimum absolute atomic E-state index is 0.549. The van der Waals surface area contributed by atoms with Gasteiger partial charge in [-0.1, -0.05) is 18.2 Å². The highest BCUT2D eigenvalue weighted by Gasteiger charge is 2.36. The lowest BCUT2D eigenvalue weighted by Gasteiger charge is -2.16. The van der Waals surface area contributed by atoms with Gasteiger partial charge in [0.15, 0.2) is 17.3 Å². The molecule has 0 spiro atoms. The number of thiophene rings is 1. The molecule has 2 N–H and O–H groups in total. The van der Waals surface area contributed by atoms with E-state index in [0.29, 0.717) is 29.7 Å². The van der Waals surface area contributed by atoms with Crippen LogP contribution in [-0.2, 0) is 11.3 Å². The van der Waals surface area contributed by atoms with E-state index in [1.54, 1.807) is 32.5 Å². The SMILES string of the molecule is COc1ccc(CNc2ccc(C3=N[C@@H](C(C)C(=O)O)c4nnc(C)n4-c4sc(C)c(C)c43)cc2)cc1OC. The van der Waals surface area contributed by atoms with Gasteiger partial charge in [-0.25, -0.2) is 0 Å². The Hall–Kier alpha value is -4.18. The maximum Gasteiger partial charge on any atom is 0.308 e. The number of nitrogens with zero attached hydrogens (tertiary/aromatic N) is 4. The van der Waals surface area contributed by atoms with Gasteiger partial charge in [-0.2, -0.15) is 0 Å². The van der Waals surface area contributed by atoms with Gasteiger partial charge < -0.3 is 19.9 Å². The van der Waals surface area contributed by atoms with Gasteiger partial charge in [0.1, 0.15) is 16.9 Å². The van der Waals surface area contributed by atoms with Crippen molar-refractivity contribution >= 4 is 28.7 Å². The van der Waals surface area contributed by atoms with Crippen molar-refractivity contribution in [3.05, 3.63) is 81.2 Å². The molecule has 0 bridgehead atoms. The Balaban J connectivity index is 1.50. The van der Waals surface area contributed by atoms with Crippen LogP contribution in [0.4, 0.5) is 5.69 Å². The molecular formula is C29H31N5O4S. The van der Waals surface area contributed by atoms with Gasteiger partial charge in [-0.15, -0.1) is 21.5 Å². The van der Waals surface area contributed by atoms with Crippen LogP contribution in [0.15, 0.2) is 47.5 Å². The van der Waals surface area contributed by atoms with E-state index < -0.39 is 17.9 Å². The molecule has 39 heavy (non-hydrogen) atoms. The van der Waals surface area contributed by atoms with Crippen molar-refractivity contribution in [2.75, 3.05) is 19.5 Å². The molecule has 10 heteroatoms. The molecule has 5 rings (SSSR count). The third kappa shape index (κ3) is 4.76. The fourth-order valence-corrected chi connectivity index (χ4v) is 5.97. The highest BCUT2D eigenvalue weighted by atomic mass is 32.1. The number of benzene rings is 2. The van der Waals surface area contributed by atoms with Gasteiger partial charge in [-0.3, -0.25) is 14.4 Å². The van der Waals surface area contributed by atoms with E-state index in [9.17, 15) is 9.90 Å². The number of hydrogen-bond acceptors (Lipinski definition) is 8. The molecule has 1 aliphatic rings. The maximum absolute atomic E-state index is 12.1. The van der Waals surface area contributed by atoms with Crippen LogP contribution in [0.2, 0.25) is 0 Å². The summed E-state index contributed by atoms with van der Waals surface area (Å²) < 4.78 is 12.7. The van der Waals surface area contributed by atoms with Crippen LogP contribution in [0.25, 0.3) is 5.00 Å². The maximum atomic E-state index is 12.1. The Morgan fingerprint density at radius 3 is 2.46 bits per heavy atom.